The molecule has 5 atom stereocenters. The van der Waals surface area contributed by atoms with Gasteiger partial charge in [0.2, 0.25) is 0 Å². The summed E-state index contributed by atoms with van der Waals surface area (Å²) < 4.78 is 25.9. The second-order valence-corrected chi connectivity index (χ2v) is 6.17. The van der Waals surface area contributed by atoms with E-state index in [1.165, 1.54) is 13.8 Å². The van der Waals surface area contributed by atoms with Crippen LogP contribution in [0, 0.1) is 5.92 Å². The summed E-state index contributed by atoms with van der Waals surface area (Å²) >= 11 is 0. The quantitative estimate of drug-likeness (QED) is 0.462. The van der Waals surface area contributed by atoms with Gasteiger partial charge in [-0.1, -0.05) is 0 Å². The SMILES string of the molecule is CC(=O)OC[C@@H]1C[C@@H](OC(C)=O)[C@H](OC(C)=O)[C@H](OC(C)=O)[C@@H]1OC(C)=O. The van der Waals surface area contributed by atoms with Crippen molar-refractivity contribution in [1.29, 1.82) is 0 Å². The lowest BCUT2D eigenvalue weighted by Gasteiger charge is -2.43. The summed E-state index contributed by atoms with van der Waals surface area (Å²) in [5.41, 5.74) is 0. The smallest absolute Gasteiger partial charge is 0.303 e. The first-order valence-corrected chi connectivity index (χ1v) is 8.33. The molecule has 10 heteroatoms. The first-order valence-electron chi connectivity index (χ1n) is 8.33. The molecule has 0 amide bonds. The van der Waals surface area contributed by atoms with E-state index < -0.39 is 60.2 Å². The fraction of sp³-hybridized carbons (Fsp3) is 0.706. The lowest BCUT2D eigenvalue weighted by atomic mass is 9.80. The van der Waals surface area contributed by atoms with Crippen LogP contribution in [0.5, 0.6) is 0 Å². The number of carbonyl (C=O) groups is 5. The minimum atomic E-state index is -1.24. The van der Waals surface area contributed by atoms with Gasteiger partial charge in [-0.3, -0.25) is 24.0 Å². The summed E-state index contributed by atoms with van der Waals surface area (Å²) in [6.45, 7) is 5.64. The van der Waals surface area contributed by atoms with Gasteiger partial charge in [0.1, 0.15) is 12.2 Å². The van der Waals surface area contributed by atoms with Crippen molar-refractivity contribution in [3.05, 3.63) is 0 Å². The number of esters is 5. The highest BCUT2D eigenvalue weighted by Crippen LogP contribution is 2.34. The lowest BCUT2D eigenvalue weighted by Crippen LogP contribution is -2.59. The average molecular weight is 388 g/mol. The van der Waals surface area contributed by atoms with Crippen LogP contribution in [-0.4, -0.2) is 60.9 Å². The van der Waals surface area contributed by atoms with Gasteiger partial charge in [-0.15, -0.1) is 0 Å². The minimum absolute atomic E-state index is 0.0561. The predicted octanol–water partition coefficient (Wildman–Crippen LogP) is 0.296. The van der Waals surface area contributed by atoms with Gasteiger partial charge in [-0.05, 0) is 6.42 Å². The normalized spacial score (nSPS) is 27.1. The second kappa shape index (κ2) is 9.89. The molecule has 0 bridgehead atoms. The summed E-state index contributed by atoms with van der Waals surface area (Å²) in [5.74, 6) is -3.95. The van der Waals surface area contributed by atoms with Gasteiger partial charge in [0.25, 0.3) is 0 Å². The second-order valence-electron chi connectivity index (χ2n) is 6.17. The van der Waals surface area contributed by atoms with Crippen LogP contribution in [0.2, 0.25) is 0 Å². The van der Waals surface area contributed by atoms with E-state index in [9.17, 15) is 24.0 Å². The van der Waals surface area contributed by atoms with E-state index in [0.29, 0.717) is 0 Å². The number of carbonyl (C=O) groups excluding carboxylic acids is 5. The Kier molecular flexibility index (Phi) is 8.20. The summed E-state index contributed by atoms with van der Waals surface area (Å²) in [4.78, 5) is 57.3. The van der Waals surface area contributed by atoms with Crippen LogP contribution in [0.4, 0.5) is 0 Å². The van der Waals surface area contributed by atoms with Crippen molar-refractivity contribution < 1.29 is 47.7 Å². The molecule has 0 spiro atoms. The van der Waals surface area contributed by atoms with Crippen LogP contribution in [0.1, 0.15) is 41.0 Å². The standard InChI is InChI=1S/C17H24O10/c1-8(18)23-7-13-6-14(24-9(2)19)16(26-11(4)21)17(27-12(5)22)15(13)25-10(3)20/h13-17H,6-7H2,1-5H3/t13-,14+,15+,16-,17+/m0/s1. The van der Waals surface area contributed by atoms with Crippen molar-refractivity contribution in [2.75, 3.05) is 6.61 Å². The van der Waals surface area contributed by atoms with Gasteiger partial charge in [-0.25, -0.2) is 0 Å². The third kappa shape index (κ3) is 7.24. The Hall–Kier alpha value is -2.65. The Balaban J connectivity index is 3.29. The molecule has 1 aliphatic carbocycles. The molecular formula is C17H24O10. The van der Waals surface area contributed by atoms with E-state index in [-0.39, 0.29) is 13.0 Å². The molecule has 27 heavy (non-hydrogen) atoms. The van der Waals surface area contributed by atoms with Crippen molar-refractivity contribution in [2.24, 2.45) is 5.92 Å². The van der Waals surface area contributed by atoms with Crippen molar-refractivity contribution in [2.45, 2.75) is 65.5 Å². The fourth-order valence-corrected chi connectivity index (χ4v) is 2.96. The minimum Gasteiger partial charge on any atom is -0.465 e. The van der Waals surface area contributed by atoms with Crippen LogP contribution in [0.15, 0.2) is 0 Å². The molecule has 0 aromatic carbocycles. The van der Waals surface area contributed by atoms with Gasteiger partial charge in [-0.2, -0.15) is 0 Å². The van der Waals surface area contributed by atoms with Crippen LogP contribution >= 0.6 is 0 Å². The Morgan fingerprint density at radius 1 is 0.630 bits per heavy atom. The molecule has 1 saturated carbocycles. The molecule has 0 heterocycles. The zero-order valence-corrected chi connectivity index (χ0v) is 15.9. The van der Waals surface area contributed by atoms with Crippen LogP contribution in [0.3, 0.4) is 0 Å². The topological polar surface area (TPSA) is 132 Å². The van der Waals surface area contributed by atoms with E-state index in [2.05, 4.69) is 0 Å². The Morgan fingerprint density at radius 3 is 1.52 bits per heavy atom. The van der Waals surface area contributed by atoms with Gasteiger partial charge < -0.3 is 23.7 Å². The number of rotatable bonds is 6. The molecule has 1 aliphatic rings. The highest BCUT2D eigenvalue weighted by atomic mass is 16.6. The first-order chi connectivity index (χ1) is 12.5. The molecule has 0 aliphatic heterocycles. The third-order valence-corrected chi connectivity index (χ3v) is 3.74. The van der Waals surface area contributed by atoms with E-state index in [1.807, 2.05) is 0 Å². The number of ether oxygens (including phenoxy) is 5. The summed E-state index contributed by atoms with van der Waals surface area (Å²) in [6.07, 6.45) is -4.42. The highest BCUT2D eigenvalue weighted by molar-refractivity contribution is 5.69. The molecule has 0 aromatic rings. The molecule has 0 N–H and O–H groups in total. The van der Waals surface area contributed by atoms with Crippen LogP contribution < -0.4 is 0 Å². The molecule has 0 saturated heterocycles. The molecule has 1 rings (SSSR count). The Bertz CT molecular complexity index is 599. The molecule has 0 aromatic heterocycles. The highest BCUT2D eigenvalue weighted by Gasteiger charge is 2.52. The van der Waals surface area contributed by atoms with E-state index in [0.717, 1.165) is 20.8 Å². The van der Waals surface area contributed by atoms with Gasteiger partial charge >= 0.3 is 29.8 Å². The predicted molar refractivity (Wildman–Crippen MR) is 87.0 cm³/mol. The van der Waals surface area contributed by atoms with Crippen molar-refractivity contribution in [3.63, 3.8) is 0 Å². The molecule has 0 unspecified atom stereocenters. The van der Waals surface area contributed by atoms with Gasteiger partial charge in [0.05, 0.1) is 6.61 Å². The summed E-state index contributed by atoms with van der Waals surface area (Å²) in [6, 6.07) is 0. The third-order valence-electron chi connectivity index (χ3n) is 3.74. The maximum absolute atomic E-state index is 11.6. The van der Waals surface area contributed by atoms with E-state index >= 15 is 0 Å². The van der Waals surface area contributed by atoms with Crippen molar-refractivity contribution in [1.82, 2.24) is 0 Å². The summed E-state index contributed by atoms with van der Waals surface area (Å²) in [5, 5.41) is 0. The maximum atomic E-state index is 11.6. The van der Waals surface area contributed by atoms with E-state index in [1.54, 1.807) is 0 Å². The maximum Gasteiger partial charge on any atom is 0.303 e. The largest absolute Gasteiger partial charge is 0.465 e. The van der Waals surface area contributed by atoms with Crippen LogP contribution in [0.25, 0.3) is 0 Å². The Morgan fingerprint density at radius 2 is 1.07 bits per heavy atom. The fourth-order valence-electron chi connectivity index (χ4n) is 2.96. The van der Waals surface area contributed by atoms with Crippen molar-refractivity contribution >= 4 is 29.8 Å². The number of hydrogen-bond acceptors (Lipinski definition) is 10. The lowest BCUT2D eigenvalue weighted by molar-refractivity contribution is -0.221. The van der Waals surface area contributed by atoms with Crippen LogP contribution in [-0.2, 0) is 47.7 Å². The molecule has 0 radical (unpaired) electrons. The van der Waals surface area contributed by atoms with Gasteiger partial charge in [0, 0.05) is 40.5 Å². The monoisotopic (exact) mass is 388 g/mol. The van der Waals surface area contributed by atoms with E-state index in [4.69, 9.17) is 23.7 Å². The molecule has 152 valence electrons. The van der Waals surface area contributed by atoms with Crippen molar-refractivity contribution in [3.8, 4) is 0 Å². The zero-order chi connectivity index (χ0) is 20.7. The zero-order valence-electron chi connectivity index (χ0n) is 15.9. The molecular weight excluding hydrogens is 364 g/mol. The molecule has 10 nitrogen and oxygen atoms in total. The Labute approximate surface area is 156 Å². The number of hydrogen-bond donors (Lipinski definition) is 0. The summed E-state index contributed by atoms with van der Waals surface area (Å²) in [7, 11) is 0. The van der Waals surface area contributed by atoms with Gasteiger partial charge in [0.15, 0.2) is 12.2 Å². The molecule has 1 fully saturated rings. The first kappa shape index (κ1) is 22.4. The average Bonchev–Trinajstić information content (AvgIpc) is 2.49.